The Bertz CT molecular complexity index is 877. The molecular formula is C25H33NO4Si. The van der Waals surface area contributed by atoms with E-state index < -0.39 is 20.0 Å². The van der Waals surface area contributed by atoms with Crippen molar-refractivity contribution in [2.75, 3.05) is 6.54 Å². The first-order chi connectivity index (χ1) is 14.4. The van der Waals surface area contributed by atoms with E-state index in [1.807, 2.05) is 36.4 Å². The van der Waals surface area contributed by atoms with Gasteiger partial charge in [0.05, 0.1) is 19.1 Å². The van der Waals surface area contributed by atoms with E-state index in [0.717, 1.165) is 10.4 Å². The van der Waals surface area contributed by atoms with Crippen LogP contribution in [0.2, 0.25) is 5.04 Å². The molecule has 0 aromatic heterocycles. The standard InChI is InChI=1S/C25H33NO4Si/c1-24(2,3)29-23(28)26-18-19(17-22(26)27)30-31(25(4,5)6,20-13-9-7-10-14-20)21-15-11-8-12-16-21/h7-16,19H,17-18H2,1-6H3. The van der Waals surface area contributed by atoms with Gasteiger partial charge in [0.15, 0.2) is 0 Å². The van der Waals surface area contributed by atoms with Crippen LogP contribution in [0.3, 0.4) is 0 Å². The maximum atomic E-state index is 12.7. The molecular weight excluding hydrogens is 406 g/mol. The molecule has 1 heterocycles. The highest BCUT2D eigenvalue weighted by Gasteiger charge is 2.53. The Kier molecular flexibility index (Phi) is 6.44. The maximum Gasteiger partial charge on any atom is 0.417 e. The number of benzene rings is 2. The third-order valence-corrected chi connectivity index (χ3v) is 10.6. The average Bonchev–Trinajstić information content (AvgIpc) is 3.05. The van der Waals surface area contributed by atoms with Crippen LogP contribution >= 0.6 is 0 Å². The number of amides is 2. The highest BCUT2D eigenvalue weighted by molar-refractivity contribution is 6.99. The summed E-state index contributed by atoms with van der Waals surface area (Å²) in [6.07, 6.45) is -0.818. The Labute approximate surface area is 186 Å². The summed E-state index contributed by atoms with van der Waals surface area (Å²) in [5, 5.41) is 2.10. The number of carbonyl (C=O) groups is 2. The van der Waals surface area contributed by atoms with E-state index >= 15 is 0 Å². The Morgan fingerprint density at radius 1 is 0.903 bits per heavy atom. The quantitative estimate of drug-likeness (QED) is 0.673. The topological polar surface area (TPSA) is 55.8 Å². The van der Waals surface area contributed by atoms with Crippen molar-refractivity contribution >= 4 is 30.7 Å². The van der Waals surface area contributed by atoms with Crippen LogP contribution in [0.5, 0.6) is 0 Å². The summed E-state index contributed by atoms with van der Waals surface area (Å²) in [5.41, 5.74) is -0.658. The molecule has 5 nitrogen and oxygen atoms in total. The van der Waals surface area contributed by atoms with Gasteiger partial charge in [-0.15, -0.1) is 0 Å². The van der Waals surface area contributed by atoms with Crippen LogP contribution in [-0.4, -0.2) is 43.5 Å². The van der Waals surface area contributed by atoms with E-state index in [2.05, 4.69) is 45.0 Å². The molecule has 0 saturated carbocycles. The molecule has 0 bridgehead atoms. The van der Waals surface area contributed by atoms with Gasteiger partial charge in [-0.1, -0.05) is 81.4 Å². The number of hydrogen-bond donors (Lipinski definition) is 0. The van der Waals surface area contributed by atoms with E-state index in [-0.39, 0.29) is 30.0 Å². The van der Waals surface area contributed by atoms with Crippen LogP contribution in [0.4, 0.5) is 4.79 Å². The van der Waals surface area contributed by atoms with E-state index in [0.29, 0.717) is 0 Å². The maximum absolute atomic E-state index is 12.7. The molecule has 2 aromatic rings. The molecule has 0 spiro atoms. The van der Waals surface area contributed by atoms with Crippen molar-refractivity contribution in [3.8, 4) is 0 Å². The predicted molar refractivity (Wildman–Crippen MR) is 125 cm³/mol. The zero-order valence-corrected chi connectivity index (χ0v) is 20.3. The fourth-order valence-electron chi connectivity index (χ4n) is 4.19. The summed E-state index contributed by atoms with van der Waals surface area (Å²) < 4.78 is 12.4. The minimum Gasteiger partial charge on any atom is -0.443 e. The van der Waals surface area contributed by atoms with Crippen molar-refractivity contribution < 1.29 is 18.8 Å². The van der Waals surface area contributed by atoms with E-state index in [4.69, 9.17) is 9.16 Å². The second kappa shape index (κ2) is 8.59. The van der Waals surface area contributed by atoms with Gasteiger partial charge in [0.1, 0.15) is 5.60 Å². The number of likely N-dealkylation sites (tertiary alicyclic amines) is 1. The van der Waals surface area contributed by atoms with Crippen molar-refractivity contribution in [2.45, 2.75) is 64.7 Å². The average molecular weight is 440 g/mol. The van der Waals surface area contributed by atoms with Crippen LogP contribution < -0.4 is 10.4 Å². The zero-order valence-electron chi connectivity index (χ0n) is 19.3. The molecule has 31 heavy (non-hydrogen) atoms. The van der Waals surface area contributed by atoms with Gasteiger partial charge < -0.3 is 9.16 Å². The van der Waals surface area contributed by atoms with Gasteiger partial charge in [-0.25, -0.2) is 9.69 Å². The molecule has 166 valence electrons. The van der Waals surface area contributed by atoms with Gasteiger partial charge in [0.25, 0.3) is 8.32 Å². The molecule has 1 aliphatic rings. The number of ether oxygens (including phenoxy) is 1. The SMILES string of the molecule is CC(C)(C)OC(=O)N1CC(O[Si](c2ccccc2)(c2ccccc2)C(C)(C)C)CC1=O. The smallest absolute Gasteiger partial charge is 0.417 e. The molecule has 6 heteroatoms. The van der Waals surface area contributed by atoms with Crippen LogP contribution in [0, 0.1) is 0 Å². The molecule has 1 atom stereocenters. The Hall–Kier alpha value is -2.44. The summed E-state index contributed by atoms with van der Waals surface area (Å²) in [7, 11) is -2.79. The first-order valence-corrected chi connectivity index (χ1v) is 12.7. The summed E-state index contributed by atoms with van der Waals surface area (Å²) in [4.78, 5) is 26.4. The zero-order chi connectivity index (χ0) is 22.9. The third kappa shape index (κ3) is 4.91. The predicted octanol–water partition coefficient (Wildman–Crippen LogP) is 4.10. The molecule has 0 N–H and O–H groups in total. The Morgan fingerprint density at radius 2 is 1.39 bits per heavy atom. The number of hydrogen-bond acceptors (Lipinski definition) is 4. The van der Waals surface area contributed by atoms with Crippen LogP contribution in [-0.2, 0) is 14.0 Å². The monoisotopic (exact) mass is 439 g/mol. The van der Waals surface area contributed by atoms with Gasteiger partial charge in [0.2, 0.25) is 5.91 Å². The third-order valence-electron chi connectivity index (χ3n) is 5.46. The second-order valence-corrected chi connectivity index (χ2v) is 14.3. The molecule has 3 rings (SSSR count). The molecule has 0 aliphatic carbocycles. The molecule has 1 fully saturated rings. The van der Waals surface area contributed by atoms with Crippen LogP contribution in [0.15, 0.2) is 60.7 Å². The summed E-state index contributed by atoms with van der Waals surface area (Å²) in [6.45, 7) is 12.2. The number of rotatable bonds is 4. The molecule has 0 radical (unpaired) electrons. The largest absolute Gasteiger partial charge is 0.443 e. The normalized spacial score (nSPS) is 17.7. The summed E-state index contributed by atoms with van der Waals surface area (Å²) >= 11 is 0. The first kappa shape index (κ1) is 23.2. The lowest BCUT2D eigenvalue weighted by Gasteiger charge is -2.44. The van der Waals surface area contributed by atoms with Gasteiger partial charge >= 0.3 is 6.09 Å². The van der Waals surface area contributed by atoms with Crippen molar-refractivity contribution in [1.29, 1.82) is 0 Å². The molecule has 1 unspecified atom stereocenters. The van der Waals surface area contributed by atoms with E-state index in [9.17, 15) is 9.59 Å². The molecule has 2 aromatic carbocycles. The van der Waals surface area contributed by atoms with E-state index in [1.54, 1.807) is 20.8 Å². The summed E-state index contributed by atoms with van der Waals surface area (Å²) in [6, 6.07) is 20.6. The van der Waals surface area contributed by atoms with Crippen molar-refractivity contribution in [3.63, 3.8) is 0 Å². The van der Waals surface area contributed by atoms with Gasteiger partial charge in [-0.2, -0.15) is 0 Å². The van der Waals surface area contributed by atoms with Crippen molar-refractivity contribution in [1.82, 2.24) is 4.90 Å². The van der Waals surface area contributed by atoms with Gasteiger partial charge in [-0.3, -0.25) is 4.79 Å². The molecule has 1 saturated heterocycles. The molecule has 1 aliphatic heterocycles. The van der Waals surface area contributed by atoms with E-state index in [1.165, 1.54) is 4.90 Å². The fourth-order valence-corrected chi connectivity index (χ4v) is 8.86. The van der Waals surface area contributed by atoms with Crippen molar-refractivity contribution in [3.05, 3.63) is 60.7 Å². The first-order valence-electron chi connectivity index (χ1n) is 10.8. The van der Waals surface area contributed by atoms with Crippen molar-refractivity contribution in [2.24, 2.45) is 0 Å². The second-order valence-electron chi connectivity index (χ2n) is 10.1. The lowest BCUT2D eigenvalue weighted by atomic mass is 10.2. The fraction of sp³-hybridized carbons (Fsp3) is 0.440. The van der Waals surface area contributed by atoms with Gasteiger partial charge in [0, 0.05) is 0 Å². The van der Waals surface area contributed by atoms with Crippen LogP contribution in [0.25, 0.3) is 0 Å². The highest BCUT2D eigenvalue weighted by Crippen LogP contribution is 2.38. The van der Waals surface area contributed by atoms with Gasteiger partial charge in [-0.05, 0) is 36.2 Å². The lowest BCUT2D eigenvalue weighted by molar-refractivity contribution is -0.127. The summed E-state index contributed by atoms with van der Waals surface area (Å²) in [5.74, 6) is -0.253. The lowest BCUT2D eigenvalue weighted by Crippen LogP contribution is -2.67. The molecule has 2 amide bonds. The number of carbonyl (C=O) groups excluding carboxylic acids is 2. The minimum absolute atomic E-state index is 0.170. The number of nitrogens with zero attached hydrogens (tertiary/aromatic N) is 1. The minimum atomic E-state index is -2.79. The van der Waals surface area contributed by atoms with Crippen LogP contribution in [0.1, 0.15) is 48.0 Å². The Morgan fingerprint density at radius 3 is 1.81 bits per heavy atom. The number of imide groups is 1. The highest BCUT2D eigenvalue weighted by atomic mass is 28.4. The Balaban J connectivity index is 1.99.